The van der Waals surface area contributed by atoms with Crippen LogP contribution in [0.2, 0.25) is 0 Å². The quantitative estimate of drug-likeness (QED) is 0.442. The molecule has 0 aromatic heterocycles. The number of carbonyl (C=O) groups excluding carboxylic acids is 3. The van der Waals surface area contributed by atoms with Crippen LogP contribution in [0.4, 0.5) is 0 Å². The standard InChI is InChI=1S/C26H20O3/c1-16(2)17-12-14-19(15-13-17)24(27)23-22(18-8-4-3-5-9-18)25(28)20-10-6-7-11-21(20)26(23)29/h3-16H,1-2H3. The number of hydrogen-bond donors (Lipinski definition) is 0. The van der Waals surface area contributed by atoms with Crippen molar-refractivity contribution in [3.63, 3.8) is 0 Å². The fourth-order valence-corrected chi connectivity index (χ4v) is 3.64. The van der Waals surface area contributed by atoms with Crippen LogP contribution in [0.25, 0.3) is 5.57 Å². The number of carbonyl (C=O) groups is 3. The fourth-order valence-electron chi connectivity index (χ4n) is 3.64. The summed E-state index contributed by atoms with van der Waals surface area (Å²) in [7, 11) is 0. The molecule has 0 bridgehead atoms. The number of rotatable bonds is 4. The zero-order valence-electron chi connectivity index (χ0n) is 16.3. The third kappa shape index (κ3) is 3.25. The van der Waals surface area contributed by atoms with E-state index in [4.69, 9.17) is 0 Å². The predicted octanol–water partition coefficient (Wildman–Crippen LogP) is 5.53. The van der Waals surface area contributed by atoms with Gasteiger partial charge in [0.2, 0.25) is 0 Å². The van der Waals surface area contributed by atoms with Gasteiger partial charge in [0.25, 0.3) is 0 Å². The van der Waals surface area contributed by atoms with E-state index in [0.29, 0.717) is 22.6 Å². The van der Waals surface area contributed by atoms with E-state index in [1.165, 1.54) is 0 Å². The lowest BCUT2D eigenvalue weighted by Crippen LogP contribution is -2.26. The van der Waals surface area contributed by atoms with Crippen LogP contribution in [-0.2, 0) is 0 Å². The molecule has 3 nitrogen and oxygen atoms in total. The van der Waals surface area contributed by atoms with E-state index in [1.807, 2.05) is 18.2 Å². The highest BCUT2D eigenvalue weighted by Crippen LogP contribution is 2.34. The van der Waals surface area contributed by atoms with E-state index in [-0.39, 0.29) is 22.5 Å². The number of hydrogen-bond acceptors (Lipinski definition) is 3. The molecule has 3 aromatic rings. The molecule has 0 saturated carbocycles. The predicted molar refractivity (Wildman–Crippen MR) is 113 cm³/mol. The molecule has 0 heterocycles. The monoisotopic (exact) mass is 380 g/mol. The van der Waals surface area contributed by atoms with Crippen LogP contribution in [0.1, 0.15) is 62.0 Å². The van der Waals surface area contributed by atoms with Crippen LogP contribution in [0, 0.1) is 0 Å². The van der Waals surface area contributed by atoms with Gasteiger partial charge >= 0.3 is 0 Å². The molecule has 0 unspecified atom stereocenters. The van der Waals surface area contributed by atoms with Gasteiger partial charge in [0.15, 0.2) is 17.3 Å². The minimum atomic E-state index is -0.424. The van der Waals surface area contributed by atoms with Crippen molar-refractivity contribution in [3.05, 3.63) is 112 Å². The second kappa shape index (κ2) is 7.44. The maximum atomic E-state index is 13.4. The Morgan fingerprint density at radius 3 is 1.83 bits per heavy atom. The van der Waals surface area contributed by atoms with Crippen LogP contribution in [0.3, 0.4) is 0 Å². The summed E-state index contributed by atoms with van der Waals surface area (Å²) in [5, 5.41) is 0. The number of Topliss-reactive ketones (excluding diaryl/α,β-unsaturated/α-hetero) is 3. The molecule has 4 rings (SSSR count). The van der Waals surface area contributed by atoms with Gasteiger partial charge in [0.1, 0.15) is 0 Å². The SMILES string of the molecule is CC(C)c1ccc(C(=O)C2=C(c3ccccc3)C(=O)c3ccccc3C2=O)cc1. The van der Waals surface area contributed by atoms with Crippen molar-refractivity contribution in [3.8, 4) is 0 Å². The van der Waals surface area contributed by atoms with E-state index in [9.17, 15) is 14.4 Å². The van der Waals surface area contributed by atoms with E-state index >= 15 is 0 Å². The zero-order valence-corrected chi connectivity index (χ0v) is 16.3. The van der Waals surface area contributed by atoms with Crippen LogP contribution in [0.15, 0.2) is 84.4 Å². The number of allylic oxidation sites excluding steroid dienone is 2. The summed E-state index contributed by atoms with van der Waals surface area (Å²) in [4.78, 5) is 40.0. The van der Waals surface area contributed by atoms with E-state index in [0.717, 1.165) is 5.56 Å². The summed E-state index contributed by atoms with van der Waals surface area (Å²) in [6, 6.07) is 22.8. The second-order valence-corrected chi connectivity index (χ2v) is 7.43. The second-order valence-electron chi connectivity index (χ2n) is 7.43. The van der Waals surface area contributed by atoms with Crippen LogP contribution >= 0.6 is 0 Å². The van der Waals surface area contributed by atoms with Gasteiger partial charge in [-0.25, -0.2) is 0 Å². The van der Waals surface area contributed by atoms with E-state index in [1.54, 1.807) is 60.7 Å². The zero-order chi connectivity index (χ0) is 20.5. The molecule has 0 N–H and O–H groups in total. The Kier molecular flexibility index (Phi) is 4.81. The lowest BCUT2D eigenvalue weighted by atomic mass is 9.78. The molecule has 142 valence electrons. The van der Waals surface area contributed by atoms with Gasteiger partial charge in [-0.05, 0) is 17.0 Å². The molecule has 0 aliphatic heterocycles. The molecule has 0 spiro atoms. The molecule has 1 aliphatic rings. The van der Waals surface area contributed by atoms with Gasteiger partial charge in [-0.2, -0.15) is 0 Å². The molecular weight excluding hydrogens is 360 g/mol. The first-order valence-corrected chi connectivity index (χ1v) is 9.62. The van der Waals surface area contributed by atoms with Crippen molar-refractivity contribution in [2.45, 2.75) is 19.8 Å². The van der Waals surface area contributed by atoms with Crippen LogP contribution in [-0.4, -0.2) is 17.3 Å². The molecule has 29 heavy (non-hydrogen) atoms. The molecule has 3 heteroatoms. The molecule has 0 radical (unpaired) electrons. The lowest BCUT2D eigenvalue weighted by molar-refractivity contribution is 0.0940. The topological polar surface area (TPSA) is 51.2 Å². The third-order valence-corrected chi connectivity index (χ3v) is 5.25. The van der Waals surface area contributed by atoms with Crippen molar-refractivity contribution in [1.82, 2.24) is 0 Å². The number of ketones is 3. The Hall–Kier alpha value is -3.59. The Bertz CT molecular complexity index is 1150. The summed E-state index contributed by atoms with van der Waals surface area (Å²) >= 11 is 0. The van der Waals surface area contributed by atoms with Crippen LogP contribution < -0.4 is 0 Å². The molecule has 0 fully saturated rings. The number of benzene rings is 3. The van der Waals surface area contributed by atoms with Crippen LogP contribution in [0.5, 0.6) is 0 Å². The highest BCUT2D eigenvalue weighted by molar-refractivity contribution is 6.49. The normalized spacial score (nSPS) is 13.6. The van der Waals surface area contributed by atoms with Gasteiger partial charge in [0.05, 0.1) is 5.57 Å². The average molecular weight is 380 g/mol. The molecule has 0 amide bonds. The first-order chi connectivity index (χ1) is 14.0. The average Bonchev–Trinajstić information content (AvgIpc) is 2.76. The molecule has 0 atom stereocenters. The van der Waals surface area contributed by atoms with Gasteiger partial charge in [-0.15, -0.1) is 0 Å². The highest BCUT2D eigenvalue weighted by atomic mass is 16.2. The fraction of sp³-hybridized carbons (Fsp3) is 0.115. The Balaban J connectivity index is 1.91. The minimum Gasteiger partial charge on any atom is -0.289 e. The summed E-state index contributed by atoms with van der Waals surface area (Å²) in [6.45, 7) is 4.15. The first kappa shape index (κ1) is 18.8. The Morgan fingerprint density at radius 2 is 1.24 bits per heavy atom. The van der Waals surface area contributed by atoms with E-state index in [2.05, 4.69) is 13.8 Å². The third-order valence-electron chi connectivity index (χ3n) is 5.25. The molecule has 3 aromatic carbocycles. The number of fused-ring (bicyclic) bond motifs is 1. The van der Waals surface area contributed by atoms with Crippen molar-refractivity contribution < 1.29 is 14.4 Å². The Morgan fingerprint density at radius 1 is 0.690 bits per heavy atom. The van der Waals surface area contributed by atoms with Crippen molar-refractivity contribution in [1.29, 1.82) is 0 Å². The highest BCUT2D eigenvalue weighted by Gasteiger charge is 2.36. The van der Waals surface area contributed by atoms with Crippen molar-refractivity contribution in [2.75, 3.05) is 0 Å². The Labute approximate surface area is 169 Å². The van der Waals surface area contributed by atoms with Gasteiger partial charge in [-0.3, -0.25) is 14.4 Å². The van der Waals surface area contributed by atoms with E-state index < -0.39 is 11.6 Å². The largest absolute Gasteiger partial charge is 0.289 e. The lowest BCUT2D eigenvalue weighted by Gasteiger charge is -2.21. The van der Waals surface area contributed by atoms with Gasteiger partial charge in [0, 0.05) is 22.3 Å². The summed E-state index contributed by atoms with van der Waals surface area (Å²) in [5.41, 5.74) is 2.81. The maximum absolute atomic E-state index is 13.4. The molecule has 0 saturated heterocycles. The van der Waals surface area contributed by atoms with Gasteiger partial charge in [-0.1, -0.05) is 92.7 Å². The summed E-state index contributed by atoms with van der Waals surface area (Å²) < 4.78 is 0. The molecular formula is C26H20O3. The first-order valence-electron chi connectivity index (χ1n) is 9.62. The molecule has 1 aliphatic carbocycles. The van der Waals surface area contributed by atoms with Crippen molar-refractivity contribution >= 4 is 22.9 Å². The maximum Gasteiger partial charge on any atom is 0.198 e. The summed E-state index contributed by atoms with van der Waals surface area (Å²) in [6.07, 6.45) is 0. The van der Waals surface area contributed by atoms with Gasteiger partial charge < -0.3 is 0 Å². The smallest absolute Gasteiger partial charge is 0.198 e. The summed E-state index contributed by atoms with van der Waals surface area (Å²) in [5.74, 6) is -0.791. The minimum absolute atomic E-state index is 0.0582. The van der Waals surface area contributed by atoms with Crippen molar-refractivity contribution in [2.24, 2.45) is 0 Å².